The maximum absolute atomic E-state index is 12.4. The summed E-state index contributed by atoms with van der Waals surface area (Å²) in [6.45, 7) is 2.27. The summed E-state index contributed by atoms with van der Waals surface area (Å²) in [4.78, 5) is 13.0. The van der Waals surface area contributed by atoms with E-state index in [1.807, 2.05) is 42.6 Å². The molecule has 3 rings (SSSR count). The van der Waals surface area contributed by atoms with Gasteiger partial charge in [-0.25, -0.2) is 0 Å². The molecule has 0 aliphatic carbocycles. The number of carbonyl (C=O) groups excluding carboxylic acids is 1. The lowest BCUT2D eigenvalue weighted by Gasteiger charge is -2.07. The first-order chi connectivity index (χ1) is 12.0. The predicted molar refractivity (Wildman–Crippen MR) is 104 cm³/mol. The molecule has 0 radical (unpaired) electrons. The minimum absolute atomic E-state index is 0.167. The van der Waals surface area contributed by atoms with E-state index in [2.05, 4.69) is 5.32 Å². The van der Waals surface area contributed by atoms with Gasteiger partial charge in [-0.15, -0.1) is 11.3 Å². The maximum atomic E-state index is 12.4. The molecule has 0 saturated carbocycles. The summed E-state index contributed by atoms with van der Waals surface area (Å²) in [6.07, 6.45) is 0. The molecular weight excluding hydrogens is 377 g/mol. The molecule has 3 aromatic rings. The Bertz CT molecular complexity index is 908. The van der Waals surface area contributed by atoms with Crippen molar-refractivity contribution in [1.82, 2.24) is 0 Å². The minimum Gasteiger partial charge on any atom is -0.487 e. The third kappa shape index (κ3) is 4.54. The van der Waals surface area contributed by atoms with Gasteiger partial charge in [-0.05, 0) is 48.2 Å². The summed E-state index contributed by atoms with van der Waals surface area (Å²) in [7, 11) is 0. The molecule has 6 heteroatoms. The second kappa shape index (κ2) is 7.91. The van der Waals surface area contributed by atoms with Crippen molar-refractivity contribution in [3.8, 4) is 5.75 Å². The number of hydrogen-bond acceptors (Lipinski definition) is 3. The molecule has 0 aliphatic rings. The molecule has 0 saturated heterocycles. The van der Waals surface area contributed by atoms with Gasteiger partial charge in [-0.1, -0.05) is 41.4 Å². The van der Waals surface area contributed by atoms with E-state index in [0.717, 1.165) is 11.1 Å². The van der Waals surface area contributed by atoms with Crippen LogP contribution in [-0.2, 0) is 6.61 Å². The van der Waals surface area contributed by atoms with Crippen LogP contribution in [-0.4, -0.2) is 5.91 Å². The highest BCUT2D eigenvalue weighted by atomic mass is 35.5. The fourth-order valence-electron chi connectivity index (χ4n) is 2.21. The van der Waals surface area contributed by atoms with Crippen LogP contribution in [0.25, 0.3) is 0 Å². The van der Waals surface area contributed by atoms with Crippen molar-refractivity contribution in [3.05, 3.63) is 80.0 Å². The first-order valence-electron chi connectivity index (χ1n) is 7.55. The van der Waals surface area contributed by atoms with Crippen LogP contribution in [0.5, 0.6) is 5.75 Å². The highest BCUT2D eigenvalue weighted by molar-refractivity contribution is 7.12. The Morgan fingerprint density at radius 1 is 1.16 bits per heavy atom. The van der Waals surface area contributed by atoms with Gasteiger partial charge in [-0.2, -0.15) is 0 Å². The molecule has 0 aliphatic heterocycles. The summed E-state index contributed by atoms with van der Waals surface area (Å²) in [5.41, 5.74) is 2.58. The summed E-state index contributed by atoms with van der Waals surface area (Å²) < 4.78 is 5.69. The van der Waals surface area contributed by atoms with E-state index in [-0.39, 0.29) is 5.91 Å². The zero-order chi connectivity index (χ0) is 17.8. The van der Waals surface area contributed by atoms with Crippen LogP contribution in [0, 0.1) is 6.92 Å². The number of hydrogen-bond donors (Lipinski definition) is 1. The Balaban J connectivity index is 1.65. The number of rotatable bonds is 5. The van der Waals surface area contributed by atoms with Gasteiger partial charge in [-0.3, -0.25) is 4.79 Å². The van der Waals surface area contributed by atoms with Crippen LogP contribution in [0.4, 0.5) is 5.69 Å². The topological polar surface area (TPSA) is 38.3 Å². The molecule has 25 heavy (non-hydrogen) atoms. The standard InChI is InChI=1S/C19H15Cl2NO2S/c1-12-6-7-14(20)9-16(12)22-19(23)18-8-13(11-25-18)10-24-17-5-3-2-4-15(17)21/h2-9,11H,10H2,1H3,(H,22,23). The number of ether oxygens (including phenoxy) is 1. The van der Waals surface area contributed by atoms with Crippen LogP contribution in [0.3, 0.4) is 0 Å². The van der Waals surface area contributed by atoms with Crippen LogP contribution < -0.4 is 10.1 Å². The van der Waals surface area contributed by atoms with Crippen LogP contribution in [0.15, 0.2) is 53.9 Å². The average Bonchev–Trinajstić information content (AvgIpc) is 3.06. The quantitative estimate of drug-likeness (QED) is 0.562. The Hall–Kier alpha value is -2.01. The van der Waals surface area contributed by atoms with E-state index in [1.165, 1.54) is 11.3 Å². The number of anilines is 1. The molecule has 128 valence electrons. The summed E-state index contributed by atoms with van der Waals surface area (Å²) in [5.74, 6) is 0.454. The number of thiophene rings is 1. The molecule has 0 spiro atoms. The van der Waals surface area contributed by atoms with Crippen molar-refractivity contribution in [3.63, 3.8) is 0 Å². The zero-order valence-corrected chi connectivity index (χ0v) is 15.7. The number of amides is 1. The molecule has 0 fully saturated rings. The fourth-order valence-corrected chi connectivity index (χ4v) is 3.36. The highest BCUT2D eigenvalue weighted by Gasteiger charge is 2.12. The van der Waals surface area contributed by atoms with Gasteiger partial charge in [0.25, 0.3) is 5.91 Å². The van der Waals surface area contributed by atoms with E-state index < -0.39 is 0 Å². The second-order valence-electron chi connectivity index (χ2n) is 5.45. The van der Waals surface area contributed by atoms with E-state index in [1.54, 1.807) is 18.2 Å². The molecule has 0 atom stereocenters. The Kier molecular flexibility index (Phi) is 5.63. The molecule has 0 unspecified atom stereocenters. The summed E-state index contributed by atoms with van der Waals surface area (Å²) in [5, 5.41) is 5.93. The number of para-hydroxylation sites is 1. The van der Waals surface area contributed by atoms with Crippen LogP contribution >= 0.6 is 34.5 Å². The van der Waals surface area contributed by atoms with Crippen molar-refractivity contribution < 1.29 is 9.53 Å². The van der Waals surface area contributed by atoms with E-state index in [9.17, 15) is 4.79 Å². The largest absolute Gasteiger partial charge is 0.487 e. The number of halogens is 2. The van der Waals surface area contributed by atoms with Crippen LogP contribution in [0.1, 0.15) is 20.8 Å². The highest BCUT2D eigenvalue weighted by Crippen LogP contribution is 2.26. The normalized spacial score (nSPS) is 10.5. The molecule has 3 nitrogen and oxygen atoms in total. The van der Waals surface area contributed by atoms with Gasteiger partial charge < -0.3 is 10.1 Å². The molecule has 1 N–H and O–H groups in total. The Morgan fingerprint density at radius 3 is 2.76 bits per heavy atom. The minimum atomic E-state index is -0.167. The van der Waals surface area contributed by atoms with E-state index in [0.29, 0.717) is 33.0 Å². The van der Waals surface area contributed by atoms with Gasteiger partial charge in [0, 0.05) is 16.3 Å². The van der Waals surface area contributed by atoms with E-state index >= 15 is 0 Å². The molecule has 2 aromatic carbocycles. The number of nitrogens with one attached hydrogen (secondary N) is 1. The monoisotopic (exact) mass is 391 g/mol. The molecule has 0 bridgehead atoms. The molecule has 1 heterocycles. The van der Waals surface area contributed by atoms with Gasteiger partial charge in [0.05, 0.1) is 9.90 Å². The lowest BCUT2D eigenvalue weighted by atomic mass is 10.2. The van der Waals surface area contributed by atoms with Crippen molar-refractivity contribution in [1.29, 1.82) is 0 Å². The predicted octanol–water partition coefficient (Wildman–Crippen LogP) is 6.19. The smallest absolute Gasteiger partial charge is 0.265 e. The number of carbonyl (C=O) groups is 1. The first kappa shape index (κ1) is 17.8. The number of benzene rings is 2. The lowest BCUT2D eigenvalue weighted by molar-refractivity contribution is 0.103. The summed E-state index contributed by atoms with van der Waals surface area (Å²) >= 11 is 13.4. The fraction of sp³-hybridized carbons (Fsp3) is 0.105. The maximum Gasteiger partial charge on any atom is 0.265 e. The first-order valence-corrected chi connectivity index (χ1v) is 9.19. The van der Waals surface area contributed by atoms with Crippen molar-refractivity contribution in [2.45, 2.75) is 13.5 Å². The SMILES string of the molecule is Cc1ccc(Cl)cc1NC(=O)c1cc(COc2ccccc2Cl)cs1. The van der Waals surface area contributed by atoms with Gasteiger partial charge in [0.1, 0.15) is 12.4 Å². The Labute approximate surface area is 160 Å². The van der Waals surface area contributed by atoms with Crippen molar-refractivity contribution >= 4 is 46.1 Å². The molecule has 1 aromatic heterocycles. The lowest BCUT2D eigenvalue weighted by Crippen LogP contribution is -2.11. The average molecular weight is 392 g/mol. The third-order valence-electron chi connectivity index (χ3n) is 3.56. The number of aryl methyl sites for hydroxylation is 1. The Morgan fingerprint density at radius 2 is 1.96 bits per heavy atom. The molecule has 1 amide bonds. The summed E-state index contributed by atoms with van der Waals surface area (Å²) in [6, 6.07) is 14.5. The van der Waals surface area contributed by atoms with Crippen molar-refractivity contribution in [2.24, 2.45) is 0 Å². The van der Waals surface area contributed by atoms with Crippen molar-refractivity contribution in [2.75, 3.05) is 5.32 Å². The van der Waals surface area contributed by atoms with E-state index in [4.69, 9.17) is 27.9 Å². The van der Waals surface area contributed by atoms with Crippen LogP contribution in [0.2, 0.25) is 10.0 Å². The van der Waals surface area contributed by atoms with Gasteiger partial charge in [0.15, 0.2) is 0 Å². The molecular formula is C19H15Cl2NO2S. The third-order valence-corrected chi connectivity index (χ3v) is 5.08. The van der Waals surface area contributed by atoms with Gasteiger partial charge in [0.2, 0.25) is 0 Å². The zero-order valence-electron chi connectivity index (χ0n) is 13.4. The second-order valence-corrected chi connectivity index (χ2v) is 7.21. The van der Waals surface area contributed by atoms with Gasteiger partial charge >= 0.3 is 0 Å².